The van der Waals surface area contributed by atoms with Crippen LogP contribution in [0.5, 0.6) is 0 Å². The van der Waals surface area contributed by atoms with Crippen molar-refractivity contribution >= 4 is 5.97 Å². The number of rotatable bonds is 2. The second-order valence-electron chi connectivity index (χ2n) is 2.38. The number of nitrogens with one attached hydrogen (secondary N) is 1. The first-order valence-corrected chi connectivity index (χ1v) is 4.15. The second-order valence-corrected chi connectivity index (χ2v) is 2.38. The molecule has 0 saturated heterocycles. The van der Waals surface area contributed by atoms with Gasteiger partial charge in [-0.05, 0) is 25.7 Å². The molecule has 0 atom stereocenters. The van der Waals surface area contributed by atoms with Crippen LogP contribution in [0.1, 0.15) is 17.3 Å². The Morgan fingerprint density at radius 1 is 1.38 bits per heavy atom. The molecule has 13 heavy (non-hydrogen) atoms. The Balaban J connectivity index is 0.000000310. The van der Waals surface area contributed by atoms with Crippen LogP contribution in [0, 0.1) is 0 Å². The molecule has 2 N–H and O–H groups in total. The van der Waals surface area contributed by atoms with E-state index in [1.807, 2.05) is 7.05 Å². The zero-order chi connectivity index (χ0) is 10.1. The summed E-state index contributed by atoms with van der Waals surface area (Å²) < 4.78 is 0. The minimum atomic E-state index is -0.879. The van der Waals surface area contributed by atoms with E-state index in [9.17, 15) is 4.79 Å². The molecule has 0 amide bonds. The van der Waals surface area contributed by atoms with Crippen LogP contribution in [0.3, 0.4) is 0 Å². The molecule has 3 nitrogen and oxygen atoms in total. The number of carboxylic acid groups (broad SMARTS) is 1. The van der Waals surface area contributed by atoms with Gasteiger partial charge in [-0.15, -0.1) is 0 Å². The molecule has 0 unspecified atom stereocenters. The standard InChI is InChI=1S/C7H6O2.C3H9N/c8-7(9)6-4-2-1-3-5-6;1-3-4-2/h1-5H,(H,8,9);4H,3H2,1-2H3. The molecule has 72 valence electrons. The average molecular weight is 181 g/mol. The Morgan fingerprint density at radius 2 is 1.85 bits per heavy atom. The van der Waals surface area contributed by atoms with Gasteiger partial charge in [-0.25, -0.2) is 4.79 Å². The molecule has 0 fully saturated rings. The van der Waals surface area contributed by atoms with Crippen molar-refractivity contribution in [2.45, 2.75) is 6.92 Å². The van der Waals surface area contributed by atoms with Gasteiger partial charge in [-0.1, -0.05) is 25.1 Å². The average Bonchev–Trinajstić information content (AvgIpc) is 2.19. The van der Waals surface area contributed by atoms with Gasteiger partial charge in [-0.3, -0.25) is 0 Å². The monoisotopic (exact) mass is 181 g/mol. The van der Waals surface area contributed by atoms with E-state index in [2.05, 4.69) is 12.2 Å². The second kappa shape index (κ2) is 7.31. The predicted octanol–water partition coefficient (Wildman–Crippen LogP) is 1.61. The first-order valence-electron chi connectivity index (χ1n) is 4.15. The van der Waals surface area contributed by atoms with Gasteiger partial charge in [0, 0.05) is 0 Å². The summed E-state index contributed by atoms with van der Waals surface area (Å²) in [5.74, 6) is -0.879. The van der Waals surface area contributed by atoms with Crippen molar-refractivity contribution in [3.63, 3.8) is 0 Å². The highest BCUT2D eigenvalue weighted by Gasteiger charge is 1.96. The molecule has 1 aromatic rings. The summed E-state index contributed by atoms with van der Waals surface area (Å²) >= 11 is 0. The SMILES string of the molecule is CCNC.O=C(O)c1ccccc1. The molecule has 0 radical (unpaired) electrons. The fraction of sp³-hybridized carbons (Fsp3) is 0.300. The largest absolute Gasteiger partial charge is 0.478 e. The zero-order valence-electron chi connectivity index (χ0n) is 7.95. The number of benzene rings is 1. The highest BCUT2D eigenvalue weighted by atomic mass is 16.4. The van der Waals surface area contributed by atoms with Gasteiger partial charge in [0.1, 0.15) is 0 Å². The van der Waals surface area contributed by atoms with Crippen molar-refractivity contribution in [2.75, 3.05) is 13.6 Å². The van der Waals surface area contributed by atoms with Crippen LogP contribution in [0.2, 0.25) is 0 Å². The Kier molecular flexibility index (Phi) is 6.55. The van der Waals surface area contributed by atoms with Gasteiger partial charge in [0.15, 0.2) is 0 Å². The predicted molar refractivity (Wildman–Crippen MR) is 53.0 cm³/mol. The molecule has 0 aromatic heterocycles. The number of aromatic carboxylic acids is 1. The van der Waals surface area contributed by atoms with Gasteiger partial charge < -0.3 is 10.4 Å². The zero-order valence-corrected chi connectivity index (χ0v) is 7.95. The van der Waals surface area contributed by atoms with Crippen molar-refractivity contribution in [3.8, 4) is 0 Å². The minimum absolute atomic E-state index is 0.331. The molecular weight excluding hydrogens is 166 g/mol. The molecule has 0 aliphatic heterocycles. The summed E-state index contributed by atoms with van der Waals surface area (Å²) in [5, 5.41) is 11.3. The molecule has 0 aliphatic carbocycles. The normalized spacial score (nSPS) is 8.46. The summed E-state index contributed by atoms with van der Waals surface area (Å²) in [6.45, 7) is 3.14. The first kappa shape index (κ1) is 11.6. The summed E-state index contributed by atoms with van der Waals surface area (Å²) in [4.78, 5) is 10.2. The maximum atomic E-state index is 10.2. The van der Waals surface area contributed by atoms with Crippen LogP contribution in [0.25, 0.3) is 0 Å². The van der Waals surface area contributed by atoms with Crippen molar-refractivity contribution in [3.05, 3.63) is 35.9 Å². The van der Waals surface area contributed by atoms with Crippen LogP contribution in [0.15, 0.2) is 30.3 Å². The summed E-state index contributed by atoms with van der Waals surface area (Å²) in [7, 11) is 1.93. The number of hydrogen-bond acceptors (Lipinski definition) is 2. The molecule has 0 saturated carbocycles. The summed E-state index contributed by atoms with van der Waals surface area (Å²) in [5.41, 5.74) is 0.331. The third-order valence-corrected chi connectivity index (χ3v) is 1.37. The van der Waals surface area contributed by atoms with Crippen LogP contribution < -0.4 is 5.32 Å². The first-order chi connectivity index (χ1) is 6.22. The fourth-order valence-corrected chi connectivity index (χ4v) is 0.581. The quantitative estimate of drug-likeness (QED) is 0.728. The lowest BCUT2D eigenvalue weighted by Crippen LogP contribution is -2.01. The van der Waals surface area contributed by atoms with Gasteiger partial charge in [-0.2, -0.15) is 0 Å². The third-order valence-electron chi connectivity index (χ3n) is 1.37. The summed E-state index contributed by atoms with van der Waals surface area (Å²) in [6.07, 6.45) is 0. The van der Waals surface area contributed by atoms with E-state index in [-0.39, 0.29) is 0 Å². The highest BCUT2D eigenvalue weighted by molar-refractivity contribution is 5.87. The molecule has 0 spiro atoms. The molecule has 3 heteroatoms. The van der Waals surface area contributed by atoms with Crippen LogP contribution in [-0.2, 0) is 0 Å². The van der Waals surface area contributed by atoms with Crippen LogP contribution in [-0.4, -0.2) is 24.7 Å². The molecule has 0 heterocycles. The van der Waals surface area contributed by atoms with Gasteiger partial charge in [0.25, 0.3) is 0 Å². The fourth-order valence-electron chi connectivity index (χ4n) is 0.581. The van der Waals surface area contributed by atoms with Gasteiger partial charge >= 0.3 is 5.97 Å². The van der Waals surface area contributed by atoms with E-state index in [1.54, 1.807) is 30.3 Å². The lowest BCUT2D eigenvalue weighted by molar-refractivity contribution is 0.0697. The lowest BCUT2D eigenvalue weighted by atomic mass is 10.2. The Hall–Kier alpha value is -1.35. The van der Waals surface area contributed by atoms with E-state index in [1.165, 1.54) is 0 Å². The third kappa shape index (κ3) is 5.87. The number of hydrogen-bond donors (Lipinski definition) is 2. The van der Waals surface area contributed by atoms with E-state index in [0.29, 0.717) is 5.56 Å². The van der Waals surface area contributed by atoms with Gasteiger partial charge in [0.2, 0.25) is 0 Å². The Bertz CT molecular complexity index is 232. The smallest absolute Gasteiger partial charge is 0.335 e. The summed E-state index contributed by atoms with van der Waals surface area (Å²) in [6, 6.07) is 8.30. The highest BCUT2D eigenvalue weighted by Crippen LogP contribution is 1.96. The number of carboxylic acids is 1. The van der Waals surface area contributed by atoms with Crippen molar-refractivity contribution in [1.82, 2.24) is 5.32 Å². The molecule has 1 aromatic carbocycles. The molecule has 0 aliphatic rings. The molecular formula is C10H15NO2. The van der Waals surface area contributed by atoms with E-state index in [4.69, 9.17) is 5.11 Å². The molecule has 1 rings (SSSR count). The van der Waals surface area contributed by atoms with E-state index < -0.39 is 5.97 Å². The maximum Gasteiger partial charge on any atom is 0.335 e. The van der Waals surface area contributed by atoms with Gasteiger partial charge in [0.05, 0.1) is 5.56 Å². The Morgan fingerprint density at radius 3 is 2.08 bits per heavy atom. The van der Waals surface area contributed by atoms with Crippen molar-refractivity contribution < 1.29 is 9.90 Å². The Labute approximate surface area is 78.4 Å². The van der Waals surface area contributed by atoms with E-state index in [0.717, 1.165) is 6.54 Å². The molecule has 0 bridgehead atoms. The lowest BCUT2D eigenvalue weighted by Gasteiger charge is -1.88. The number of carbonyl (C=O) groups is 1. The maximum absolute atomic E-state index is 10.2. The van der Waals surface area contributed by atoms with Crippen molar-refractivity contribution in [2.24, 2.45) is 0 Å². The van der Waals surface area contributed by atoms with Crippen molar-refractivity contribution in [1.29, 1.82) is 0 Å². The topological polar surface area (TPSA) is 49.3 Å². The van der Waals surface area contributed by atoms with E-state index >= 15 is 0 Å². The van der Waals surface area contributed by atoms with Crippen LogP contribution >= 0.6 is 0 Å². The van der Waals surface area contributed by atoms with Crippen LogP contribution in [0.4, 0.5) is 0 Å². The minimum Gasteiger partial charge on any atom is -0.478 e.